The molecule has 146 valence electrons. The van der Waals surface area contributed by atoms with Crippen molar-refractivity contribution in [2.24, 2.45) is 4.99 Å². The summed E-state index contributed by atoms with van der Waals surface area (Å²) in [6, 6.07) is 7.30. The van der Waals surface area contributed by atoms with E-state index in [-0.39, 0.29) is 5.02 Å². The van der Waals surface area contributed by atoms with Gasteiger partial charge in [-0.1, -0.05) is 11.6 Å². The van der Waals surface area contributed by atoms with Gasteiger partial charge in [-0.3, -0.25) is 0 Å². The monoisotopic (exact) mass is 397 g/mol. The van der Waals surface area contributed by atoms with E-state index in [1.54, 1.807) is 18.3 Å². The number of nitrogens with zero attached hydrogens (tertiary/aromatic N) is 3. The molecule has 0 aromatic heterocycles. The SMILES string of the molecule is CCN(C)C=Nc1cc(C)c(N(C)c2ccc(C(F)(F)F)cc2Cl)cc1C. The van der Waals surface area contributed by atoms with Crippen LogP contribution in [-0.2, 0) is 6.18 Å². The van der Waals surface area contributed by atoms with Crippen LogP contribution >= 0.6 is 11.6 Å². The second kappa shape index (κ2) is 8.21. The van der Waals surface area contributed by atoms with E-state index in [9.17, 15) is 13.2 Å². The van der Waals surface area contributed by atoms with E-state index in [0.717, 1.165) is 41.2 Å². The van der Waals surface area contributed by atoms with Gasteiger partial charge in [-0.15, -0.1) is 0 Å². The fourth-order valence-corrected chi connectivity index (χ4v) is 2.92. The molecule has 3 nitrogen and oxygen atoms in total. The number of halogens is 4. The van der Waals surface area contributed by atoms with Gasteiger partial charge in [0.1, 0.15) is 0 Å². The van der Waals surface area contributed by atoms with E-state index < -0.39 is 11.7 Å². The highest BCUT2D eigenvalue weighted by molar-refractivity contribution is 6.33. The Morgan fingerprint density at radius 2 is 1.70 bits per heavy atom. The van der Waals surface area contributed by atoms with E-state index in [0.29, 0.717) is 5.69 Å². The van der Waals surface area contributed by atoms with Gasteiger partial charge >= 0.3 is 6.18 Å². The first-order chi connectivity index (χ1) is 12.5. The highest BCUT2D eigenvalue weighted by atomic mass is 35.5. The molecule has 0 bridgehead atoms. The Morgan fingerprint density at radius 3 is 2.26 bits per heavy atom. The lowest BCUT2D eigenvalue weighted by atomic mass is 10.1. The summed E-state index contributed by atoms with van der Waals surface area (Å²) in [4.78, 5) is 8.26. The molecule has 0 radical (unpaired) electrons. The lowest BCUT2D eigenvalue weighted by molar-refractivity contribution is -0.137. The largest absolute Gasteiger partial charge is 0.416 e. The molecule has 0 fully saturated rings. The number of aryl methyl sites for hydroxylation is 2. The van der Waals surface area contributed by atoms with Gasteiger partial charge in [-0.05, 0) is 62.2 Å². The van der Waals surface area contributed by atoms with Gasteiger partial charge in [0.2, 0.25) is 0 Å². The van der Waals surface area contributed by atoms with Gasteiger partial charge in [-0.2, -0.15) is 13.2 Å². The molecule has 2 aromatic rings. The summed E-state index contributed by atoms with van der Waals surface area (Å²) in [5.74, 6) is 0. The predicted octanol–water partition coefficient (Wildman–Crippen LogP) is 6.36. The minimum absolute atomic E-state index is 0.0519. The standard InChI is InChI=1S/C20H23ClF3N3/c1-6-26(4)12-25-17-9-14(3)19(10-13(17)2)27(5)18-8-7-15(11-16(18)21)20(22,23)24/h7-12H,6H2,1-5H3. The summed E-state index contributed by atoms with van der Waals surface area (Å²) >= 11 is 6.13. The van der Waals surface area contributed by atoms with Crippen molar-refractivity contribution < 1.29 is 13.2 Å². The van der Waals surface area contributed by atoms with Crippen LogP contribution in [0.4, 0.5) is 30.2 Å². The lowest BCUT2D eigenvalue weighted by Gasteiger charge is -2.24. The van der Waals surface area contributed by atoms with Crippen LogP contribution < -0.4 is 4.90 Å². The van der Waals surface area contributed by atoms with Crippen molar-refractivity contribution in [3.8, 4) is 0 Å². The number of alkyl halides is 3. The van der Waals surface area contributed by atoms with E-state index in [1.165, 1.54) is 6.07 Å². The van der Waals surface area contributed by atoms with Crippen LogP contribution in [0.2, 0.25) is 5.02 Å². The summed E-state index contributed by atoms with van der Waals surface area (Å²) in [7, 11) is 3.73. The van der Waals surface area contributed by atoms with Crippen LogP contribution in [-0.4, -0.2) is 31.9 Å². The van der Waals surface area contributed by atoms with Crippen molar-refractivity contribution in [2.75, 3.05) is 25.5 Å². The molecule has 0 N–H and O–H groups in total. The molecule has 0 aliphatic rings. The molecular weight excluding hydrogens is 375 g/mol. The minimum atomic E-state index is -4.42. The van der Waals surface area contributed by atoms with Crippen LogP contribution in [0.15, 0.2) is 35.3 Å². The highest BCUT2D eigenvalue weighted by Crippen LogP contribution is 2.38. The molecule has 0 aliphatic carbocycles. The minimum Gasteiger partial charge on any atom is -0.366 e. The van der Waals surface area contributed by atoms with Crippen LogP contribution in [0.5, 0.6) is 0 Å². The first-order valence-electron chi connectivity index (χ1n) is 8.50. The molecule has 0 aliphatic heterocycles. The van der Waals surface area contributed by atoms with Crippen molar-refractivity contribution in [3.63, 3.8) is 0 Å². The Balaban J connectivity index is 2.38. The third-order valence-electron chi connectivity index (χ3n) is 4.40. The van der Waals surface area contributed by atoms with E-state index in [1.807, 2.05) is 44.9 Å². The molecule has 2 rings (SSSR count). The average Bonchev–Trinajstić information content (AvgIpc) is 2.60. The van der Waals surface area contributed by atoms with Gasteiger partial charge in [0.25, 0.3) is 0 Å². The fraction of sp³-hybridized carbons (Fsp3) is 0.350. The normalized spacial score (nSPS) is 11.9. The molecule has 2 aromatic carbocycles. The van der Waals surface area contributed by atoms with Crippen LogP contribution in [0.1, 0.15) is 23.6 Å². The van der Waals surface area contributed by atoms with Gasteiger partial charge in [0.05, 0.1) is 28.3 Å². The summed E-state index contributed by atoms with van der Waals surface area (Å²) < 4.78 is 38.6. The molecule has 0 saturated heterocycles. The smallest absolute Gasteiger partial charge is 0.366 e. The zero-order valence-electron chi connectivity index (χ0n) is 16.0. The van der Waals surface area contributed by atoms with Crippen molar-refractivity contribution in [2.45, 2.75) is 26.9 Å². The molecule has 0 atom stereocenters. The molecule has 0 unspecified atom stereocenters. The Bertz CT molecular complexity index is 847. The number of hydrogen-bond acceptors (Lipinski definition) is 2. The molecule has 0 amide bonds. The third-order valence-corrected chi connectivity index (χ3v) is 4.71. The van der Waals surface area contributed by atoms with Crippen molar-refractivity contribution in [1.82, 2.24) is 4.90 Å². The Kier molecular flexibility index (Phi) is 6.42. The Hall–Kier alpha value is -2.21. The summed E-state index contributed by atoms with van der Waals surface area (Å²) in [5.41, 5.74) is 3.37. The second-order valence-corrected chi connectivity index (χ2v) is 6.87. The molecular formula is C20H23ClF3N3. The first kappa shape index (κ1) is 21.1. The quantitative estimate of drug-likeness (QED) is 0.432. The van der Waals surface area contributed by atoms with E-state index in [4.69, 9.17) is 11.6 Å². The number of anilines is 2. The Morgan fingerprint density at radius 1 is 1.04 bits per heavy atom. The zero-order valence-corrected chi connectivity index (χ0v) is 16.8. The van der Waals surface area contributed by atoms with Gasteiger partial charge in [0, 0.05) is 26.3 Å². The van der Waals surface area contributed by atoms with Crippen molar-refractivity contribution in [1.29, 1.82) is 0 Å². The first-order valence-corrected chi connectivity index (χ1v) is 8.88. The van der Waals surface area contributed by atoms with Crippen LogP contribution in [0.3, 0.4) is 0 Å². The Labute approximate surface area is 163 Å². The molecule has 27 heavy (non-hydrogen) atoms. The molecule has 0 saturated carbocycles. The third kappa shape index (κ3) is 4.95. The van der Waals surface area contributed by atoms with Gasteiger partial charge in [0.15, 0.2) is 0 Å². The topological polar surface area (TPSA) is 18.8 Å². The average molecular weight is 398 g/mol. The second-order valence-electron chi connectivity index (χ2n) is 6.47. The summed E-state index contributed by atoms with van der Waals surface area (Å²) in [6.45, 7) is 6.78. The fourth-order valence-electron chi connectivity index (χ4n) is 2.61. The predicted molar refractivity (Wildman–Crippen MR) is 107 cm³/mol. The molecule has 0 spiro atoms. The molecule has 7 heteroatoms. The highest BCUT2D eigenvalue weighted by Gasteiger charge is 2.31. The van der Waals surface area contributed by atoms with E-state index in [2.05, 4.69) is 4.99 Å². The van der Waals surface area contributed by atoms with Crippen LogP contribution in [0.25, 0.3) is 0 Å². The van der Waals surface area contributed by atoms with Crippen LogP contribution in [0, 0.1) is 13.8 Å². The number of rotatable bonds is 5. The number of hydrogen-bond donors (Lipinski definition) is 0. The maximum absolute atomic E-state index is 12.9. The van der Waals surface area contributed by atoms with Gasteiger partial charge < -0.3 is 9.80 Å². The summed E-state index contributed by atoms with van der Waals surface area (Å²) in [5, 5.41) is 0.0519. The van der Waals surface area contributed by atoms with E-state index >= 15 is 0 Å². The number of benzene rings is 2. The molecule has 0 heterocycles. The van der Waals surface area contributed by atoms with Crippen molar-refractivity contribution in [3.05, 3.63) is 52.0 Å². The zero-order chi connectivity index (χ0) is 20.4. The lowest BCUT2D eigenvalue weighted by Crippen LogP contribution is -2.14. The maximum atomic E-state index is 12.9. The summed E-state index contributed by atoms with van der Waals surface area (Å²) in [6.07, 6.45) is -2.64. The maximum Gasteiger partial charge on any atom is 0.416 e. The van der Waals surface area contributed by atoms with Gasteiger partial charge in [-0.25, -0.2) is 4.99 Å². The van der Waals surface area contributed by atoms with Crippen molar-refractivity contribution >= 4 is 35.0 Å². The number of aliphatic imine (C=N–C) groups is 1.